The highest BCUT2D eigenvalue weighted by molar-refractivity contribution is 5.86. The van der Waals surface area contributed by atoms with Gasteiger partial charge in [-0.1, -0.05) is 6.92 Å². The summed E-state index contributed by atoms with van der Waals surface area (Å²) in [5.41, 5.74) is 0.244. The molecule has 2 rings (SSSR count). The zero-order valence-electron chi connectivity index (χ0n) is 15.1. The standard InChI is InChI=1S/C19H28N2O3/c1-5-10-20-11-13-24-16-7-8-17-15(14-16)9-12-21(17)19(3,4)18(22)23-6-2/h7-9,12,14,20H,5-6,10-11,13H2,1-4H3. The third-order valence-electron chi connectivity index (χ3n) is 4.01. The number of ether oxygens (including phenoxy) is 2. The van der Waals surface area contributed by atoms with Crippen LogP contribution in [0.15, 0.2) is 30.5 Å². The summed E-state index contributed by atoms with van der Waals surface area (Å²) in [7, 11) is 0. The molecule has 0 unspecified atom stereocenters. The number of esters is 1. The maximum atomic E-state index is 12.2. The molecule has 0 bridgehead atoms. The third kappa shape index (κ3) is 4.09. The molecular weight excluding hydrogens is 304 g/mol. The molecule has 0 radical (unpaired) electrons. The van der Waals surface area contributed by atoms with Crippen LogP contribution in [-0.2, 0) is 15.1 Å². The van der Waals surface area contributed by atoms with E-state index in [4.69, 9.17) is 9.47 Å². The second-order valence-corrected chi connectivity index (χ2v) is 6.28. The van der Waals surface area contributed by atoms with Crippen LogP contribution in [0.4, 0.5) is 0 Å². The van der Waals surface area contributed by atoms with Crippen molar-refractivity contribution in [3.05, 3.63) is 30.5 Å². The fraction of sp³-hybridized carbons (Fsp3) is 0.526. The maximum Gasteiger partial charge on any atom is 0.331 e. The monoisotopic (exact) mass is 332 g/mol. The number of aromatic nitrogens is 1. The Bertz CT molecular complexity index is 676. The number of hydrogen-bond acceptors (Lipinski definition) is 4. The average molecular weight is 332 g/mol. The molecule has 0 aliphatic heterocycles. The lowest BCUT2D eigenvalue weighted by Crippen LogP contribution is -2.36. The van der Waals surface area contributed by atoms with Gasteiger partial charge in [0.25, 0.3) is 0 Å². The van der Waals surface area contributed by atoms with Gasteiger partial charge >= 0.3 is 5.97 Å². The number of fused-ring (bicyclic) bond motifs is 1. The van der Waals surface area contributed by atoms with Crippen molar-refractivity contribution in [1.82, 2.24) is 9.88 Å². The summed E-state index contributed by atoms with van der Waals surface area (Å²) in [6, 6.07) is 7.94. The van der Waals surface area contributed by atoms with Gasteiger partial charge in [0.15, 0.2) is 0 Å². The van der Waals surface area contributed by atoms with Crippen molar-refractivity contribution in [2.24, 2.45) is 0 Å². The molecule has 1 heterocycles. The predicted octanol–water partition coefficient (Wildman–Crippen LogP) is 3.32. The van der Waals surface area contributed by atoms with Gasteiger partial charge in [0.05, 0.1) is 6.61 Å². The van der Waals surface area contributed by atoms with Crippen molar-refractivity contribution >= 4 is 16.9 Å². The molecule has 1 aromatic heterocycles. The molecule has 24 heavy (non-hydrogen) atoms. The summed E-state index contributed by atoms with van der Waals surface area (Å²) >= 11 is 0. The molecule has 0 fully saturated rings. The number of carbonyl (C=O) groups excluding carboxylic acids is 1. The van der Waals surface area contributed by atoms with E-state index in [9.17, 15) is 4.79 Å². The summed E-state index contributed by atoms with van der Waals surface area (Å²) in [5, 5.41) is 4.36. The number of hydrogen-bond donors (Lipinski definition) is 1. The number of benzene rings is 1. The van der Waals surface area contributed by atoms with E-state index < -0.39 is 5.54 Å². The highest BCUT2D eigenvalue weighted by atomic mass is 16.5. The van der Waals surface area contributed by atoms with Crippen molar-refractivity contribution in [2.75, 3.05) is 26.3 Å². The Balaban J connectivity index is 2.12. The summed E-state index contributed by atoms with van der Waals surface area (Å²) < 4.78 is 12.9. The molecule has 0 aliphatic rings. The molecule has 0 aliphatic carbocycles. The quantitative estimate of drug-likeness (QED) is 0.565. The van der Waals surface area contributed by atoms with Crippen molar-refractivity contribution in [3.63, 3.8) is 0 Å². The fourth-order valence-corrected chi connectivity index (χ4v) is 2.65. The Morgan fingerprint density at radius 3 is 2.71 bits per heavy atom. The van der Waals surface area contributed by atoms with Gasteiger partial charge in [-0.3, -0.25) is 0 Å². The zero-order chi connectivity index (χ0) is 17.6. The Morgan fingerprint density at radius 2 is 2.00 bits per heavy atom. The molecule has 0 amide bonds. The molecule has 2 aromatic rings. The van der Waals surface area contributed by atoms with E-state index in [1.807, 2.05) is 55.8 Å². The molecule has 0 spiro atoms. The van der Waals surface area contributed by atoms with Crippen LogP contribution in [0.2, 0.25) is 0 Å². The molecule has 1 aromatic carbocycles. The Morgan fingerprint density at radius 1 is 1.21 bits per heavy atom. The van der Waals surface area contributed by atoms with Gasteiger partial charge in [0.1, 0.15) is 17.9 Å². The van der Waals surface area contributed by atoms with Gasteiger partial charge in [-0.25, -0.2) is 4.79 Å². The second-order valence-electron chi connectivity index (χ2n) is 6.28. The first-order valence-corrected chi connectivity index (χ1v) is 8.63. The highest BCUT2D eigenvalue weighted by Crippen LogP contribution is 2.28. The van der Waals surface area contributed by atoms with E-state index in [0.29, 0.717) is 13.2 Å². The van der Waals surface area contributed by atoms with Crippen molar-refractivity contribution in [3.8, 4) is 5.75 Å². The lowest BCUT2D eigenvalue weighted by atomic mass is 10.1. The Labute approximate surface area is 143 Å². The number of carbonyl (C=O) groups is 1. The molecule has 0 saturated carbocycles. The molecule has 0 saturated heterocycles. The lowest BCUT2D eigenvalue weighted by Gasteiger charge is -2.25. The van der Waals surface area contributed by atoms with Crippen LogP contribution in [0.5, 0.6) is 5.75 Å². The minimum atomic E-state index is -0.746. The number of nitrogens with zero attached hydrogens (tertiary/aromatic N) is 1. The van der Waals surface area contributed by atoms with Gasteiger partial charge in [-0.15, -0.1) is 0 Å². The lowest BCUT2D eigenvalue weighted by molar-refractivity contribution is -0.151. The normalized spacial score (nSPS) is 11.7. The number of rotatable bonds is 9. The minimum absolute atomic E-state index is 0.232. The van der Waals surface area contributed by atoms with E-state index >= 15 is 0 Å². The summed E-state index contributed by atoms with van der Waals surface area (Å²) in [6.07, 6.45) is 3.05. The van der Waals surface area contributed by atoms with E-state index in [1.54, 1.807) is 0 Å². The van der Waals surface area contributed by atoms with Gasteiger partial charge in [0.2, 0.25) is 0 Å². The van der Waals surface area contributed by atoms with E-state index in [2.05, 4.69) is 12.2 Å². The van der Waals surface area contributed by atoms with Crippen LogP contribution < -0.4 is 10.1 Å². The van der Waals surface area contributed by atoms with E-state index in [0.717, 1.165) is 36.2 Å². The second kappa shape index (κ2) is 8.20. The molecular formula is C19H28N2O3. The largest absolute Gasteiger partial charge is 0.492 e. The van der Waals surface area contributed by atoms with Crippen LogP contribution in [-0.4, -0.2) is 36.8 Å². The van der Waals surface area contributed by atoms with Gasteiger partial charge in [-0.05, 0) is 58.0 Å². The zero-order valence-corrected chi connectivity index (χ0v) is 15.1. The average Bonchev–Trinajstić information content (AvgIpc) is 2.98. The molecule has 1 N–H and O–H groups in total. The molecule has 132 valence electrons. The fourth-order valence-electron chi connectivity index (χ4n) is 2.65. The SMILES string of the molecule is CCCNCCOc1ccc2c(ccn2C(C)(C)C(=O)OCC)c1. The Hall–Kier alpha value is -2.01. The first kappa shape index (κ1) is 18.3. The van der Waals surface area contributed by atoms with Crippen LogP contribution in [0.3, 0.4) is 0 Å². The van der Waals surface area contributed by atoms with Gasteiger partial charge in [0, 0.05) is 23.6 Å². The van der Waals surface area contributed by atoms with Gasteiger partial charge < -0.3 is 19.4 Å². The highest BCUT2D eigenvalue weighted by Gasteiger charge is 2.31. The Kier molecular flexibility index (Phi) is 6.26. The van der Waals surface area contributed by atoms with Crippen LogP contribution in [0.25, 0.3) is 10.9 Å². The van der Waals surface area contributed by atoms with Gasteiger partial charge in [-0.2, -0.15) is 0 Å². The van der Waals surface area contributed by atoms with E-state index in [-0.39, 0.29) is 5.97 Å². The summed E-state index contributed by atoms with van der Waals surface area (Å²) in [4.78, 5) is 12.2. The van der Waals surface area contributed by atoms with Crippen molar-refractivity contribution in [2.45, 2.75) is 39.7 Å². The van der Waals surface area contributed by atoms with Crippen LogP contribution in [0, 0.1) is 0 Å². The maximum absolute atomic E-state index is 12.2. The smallest absolute Gasteiger partial charge is 0.331 e. The first-order chi connectivity index (χ1) is 11.5. The van der Waals surface area contributed by atoms with Crippen molar-refractivity contribution < 1.29 is 14.3 Å². The predicted molar refractivity (Wildman–Crippen MR) is 96.5 cm³/mol. The van der Waals surface area contributed by atoms with Crippen LogP contribution in [0.1, 0.15) is 34.1 Å². The third-order valence-corrected chi connectivity index (χ3v) is 4.01. The summed E-state index contributed by atoms with van der Waals surface area (Å²) in [5.74, 6) is 0.609. The van der Waals surface area contributed by atoms with Crippen molar-refractivity contribution in [1.29, 1.82) is 0 Å². The minimum Gasteiger partial charge on any atom is -0.492 e. The topological polar surface area (TPSA) is 52.5 Å². The van der Waals surface area contributed by atoms with E-state index in [1.165, 1.54) is 0 Å². The molecule has 0 atom stereocenters. The first-order valence-electron chi connectivity index (χ1n) is 8.63. The summed E-state index contributed by atoms with van der Waals surface area (Å²) in [6.45, 7) is 10.6. The molecule has 5 heteroatoms. The number of nitrogens with one attached hydrogen (secondary N) is 1. The molecule has 5 nitrogen and oxygen atoms in total. The van der Waals surface area contributed by atoms with Crippen LogP contribution >= 0.6 is 0 Å².